The van der Waals surface area contributed by atoms with Gasteiger partial charge in [0.25, 0.3) is 0 Å². The summed E-state index contributed by atoms with van der Waals surface area (Å²) in [5.74, 6) is -0.333. The number of nitro groups is 1. The summed E-state index contributed by atoms with van der Waals surface area (Å²) in [5, 5.41) is 20.6. The molecule has 0 aromatic heterocycles. The lowest BCUT2D eigenvalue weighted by atomic mass is 9.64. The molecule has 2 rings (SSSR count). The Balaban J connectivity index is 2.27. The van der Waals surface area contributed by atoms with Gasteiger partial charge < -0.3 is 14.4 Å². The Kier molecular flexibility index (Phi) is 3.84. The Bertz CT molecular complexity index is 408. The van der Waals surface area contributed by atoms with Crippen molar-refractivity contribution in [3.63, 3.8) is 0 Å². The summed E-state index contributed by atoms with van der Waals surface area (Å²) < 4.78 is 10.8. The summed E-state index contributed by atoms with van der Waals surface area (Å²) in [6.45, 7) is 3.93. The van der Waals surface area contributed by atoms with Crippen molar-refractivity contribution in [2.75, 3.05) is 13.2 Å². The van der Waals surface area contributed by atoms with Crippen LogP contribution in [-0.2, 0) is 9.39 Å². The van der Waals surface area contributed by atoms with E-state index in [2.05, 4.69) is 0 Å². The summed E-state index contributed by atoms with van der Waals surface area (Å²) in [5.41, 5.74) is 1.71. The number of hydrogen-bond donors (Lipinski definition) is 1. The van der Waals surface area contributed by atoms with Crippen LogP contribution < -0.4 is 0 Å². The van der Waals surface area contributed by atoms with E-state index in [0.717, 1.165) is 11.1 Å². The van der Waals surface area contributed by atoms with Gasteiger partial charge in [0.1, 0.15) is 6.10 Å². The zero-order valence-electron chi connectivity index (χ0n) is 10.4. The smallest absolute Gasteiger partial charge is 0.426 e. The van der Waals surface area contributed by atoms with Crippen molar-refractivity contribution in [1.82, 2.24) is 0 Å². The highest BCUT2D eigenvalue weighted by Crippen LogP contribution is 2.42. The standard InChI is InChI=1S/C11H16BNO5/c1-3-17-8-5-4-7(2)10-9(6-13(15)16)18-12(14)11(8)10/h4-5,8-9,11,14H,3,6H2,1-2H3. The average molecular weight is 253 g/mol. The van der Waals surface area contributed by atoms with E-state index >= 15 is 0 Å². The average Bonchev–Trinajstić information content (AvgIpc) is 2.60. The number of ether oxygens (including phenoxy) is 1. The monoisotopic (exact) mass is 253 g/mol. The van der Waals surface area contributed by atoms with E-state index in [9.17, 15) is 15.1 Å². The molecule has 1 aliphatic heterocycles. The topological polar surface area (TPSA) is 81.8 Å². The van der Waals surface area contributed by atoms with Crippen LogP contribution in [0.25, 0.3) is 0 Å². The molecule has 0 saturated carbocycles. The van der Waals surface area contributed by atoms with Gasteiger partial charge in [0.15, 0.2) is 0 Å². The van der Waals surface area contributed by atoms with E-state index < -0.39 is 18.1 Å². The fourth-order valence-corrected chi connectivity index (χ4v) is 2.63. The van der Waals surface area contributed by atoms with E-state index in [1.807, 2.05) is 26.0 Å². The Morgan fingerprint density at radius 1 is 1.67 bits per heavy atom. The first kappa shape index (κ1) is 13.3. The Morgan fingerprint density at radius 3 is 3.00 bits per heavy atom. The van der Waals surface area contributed by atoms with Gasteiger partial charge >= 0.3 is 7.12 Å². The number of hydrogen-bond acceptors (Lipinski definition) is 5. The predicted octanol–water partition coefficient (Wildman–Crippen LogP) is 0.804. The molecule has 1 heterocycles. The van der Waals surface area contributed by atoms with Crippen LogP contribution in [0.3, 0.4) is 0 Å². The molecule has 1 saturated heterocycles. The van der Waals surface area contributed by atoms with Crippen LogP contribution in [0.2, 0.25) is 5.82 Å². The molecule has 7 heteroatoms. The summed E-state index contributed by atoms with van der Waals surface area (Å²) >= 11 is 0. The summed E-state index contributed by atoms with van der Waals surface area (Å²) in [4.78, 5) is 10.2. The highest BCUT2D eigenvalue weighted by molar-refractivity contribution is 6.47. The summed E-state index contributed by atoms with van der Waals surface area (Å²) in [7, 11) is -1.04. The minimum absolute atomic E-state index is 0.277. The molecule has 98 valence electrons. The molecule has 2 aliphatic rings. The molecular formula is C11H16BNO5. The number of nitrogens with zero attached hydrogens (tertiary/aromatic N) is 1. The van der Waals surface area contributed by atoms with Gasteiger partial charge in [0, 0.05) is 17.3 Å². The molecule has 0 aromatic carbocycles. The van der Waals surface area contributed by atoms with E-state index in [0.29, 0.717) is 6.61 Å². The molecule has 0 amide bonds. The van der Waals surface area contributed by atoms with Gasteiger partial charge in [-0.25, -0.2) is 0 Å². The molecular weight excluding hydrogens is 237 g/mol. The lowest BCUT2D eigenvalue weighted by Crippen LogP contribution is -2.30. The van der Waals surface area contributed by atoms with Crippen molar-refractivity contribution in [3.05, 3.63) is 33.4 Å². The van der Waals surface area contributed by atoms with E-state index in [1.54, 1.807) is 0 Å². The zero-order chi connectivity index (χ0) is 13.3. The van der Waals surface area contributed by atoms with E-state index in [4.69, 9.17) is 9.39 Å². The highest BCUT2D eigenvalue weighted by atomic mass is 16.6. The van der Waals surface area contributed by atoms with Crippen LogP contribution in [0.4, 0.5) is 0 Å². The van der Waals surface area contributed by atoms with Crippen LogP contribution in [0.15, 0.2) is 23.3 Å². The van der Waals surface area contributed by atoms with Gasteiger partial charge in [-0.3, -0.25) is 10.1 Å². The van der Waals surface area contributed by atoms with Gasteiger partial charge in [0.05, 0.1) is 6.10 Å². The maximum Gasteiger partial charge on any atom is 0.465 e. The molecule has 0 radical (unpaired) electrons. The maximum absolute atomic E-state index is 10.6. The normalized spacial score (nSPS) is 30.8. The third kappa shape index (κ3) is 2.34. The molecule has 3 atom stereocenters. The largest absolute Gasteiger partial charge is 0.465 e. The fraction of sp³-hybridized carbons (Fsp3) is 0.636. The maximum atomic E-state index is 10.6. The highest BCUT2D eigenvalue weighted by Gasteiger charge is 2.50. The molecule has 0 bridgehead atoms. The molecule has 0 spiro atoms. The number of allylic oxidation sites excluding steroid dienone is 2. The van der Waals surface area contributed by atoms with Crippen LogP contribution >= 0.6 is 0 Å². The lowest BCUT2D eigenvalue weighted by molar-refractivity contribution is -0.487. The van der Waals surface area contributed by atoms with Crippen molar-refractivity contribution >= 4 is 7.12 Å². The molecule has 1 N–H and O–H groups in total. The van der Waals surface area contributed by atoms with Gasteiger partial charge in [-0.2, -0.15) is 0 Å². The second kappa shape index (κ2) is 5.21. The van der Waals surface area contributed by atoms with Crippen molar-refractivity contribution in [2.24, 2.45) is 0 Å². The first-order valence-corrected chi connectivity index (χ1v) is 6.00. The van der Waals surface area contributed by atoms with E-state index in [1.165, 1.54) is 0 Å². The van der Waals surface area contributed by atoms with Crippen molar-refractivity contribution in [3.8, 4) is 0 Å². The molecule has 6 nitrogen and oxygen atoms in total. The van der Waals surface area contributed by atoms with Gasteiger partial charge in [-0.1, -0.05) is 12.2 Å². The second-order valence-electron chi connectivity index (χ2n) is 4.47. The second-order valence-corrected chi connectivity index (χ2v) is 4.47. The molecule has 3 unspecified atom stereocenters. The molecule has 18 heavy (non-hydrogen) atoms. The lowest BCUT2D eigenvalue weighted by Gasteiger charge is -2.26. The third-order valence-corrected chi connectivity index (χ3v) is 3.34. The van der Waals surface area contributed by atoms with Crippen LogP contribution in [0.1, 0.15) is 13.8 Å². The number of fused-ring (bicyclic) bond motifs is 1. The van der Waals surface area contributed by atoms with Gasteiger partial charge in [0.2, 0.25) is 6.54 Å². The van der Waals surface area contributed by atoms with Crippen molar-refractivity contribution in [2.45, 2.75) is 31.9 Å². The molecule has 1 fully saturated rings. The van der Waals surface area contributed by atoms with Gasteiger partial charge in [-0.15, -0.1) is 0 Å². The summed E-state index contributed by atoms with van der Waals surface area (Å²) in [6.07, 6.45) is 2.81. The summed E-state index contributed by atoms with van der Waals surface area (Å²) in [6, 6.07) is 0. The fourth-order valence-electron chi connectivity index (χ4n) is 2.63. The minimum Gasteiger partial charge on any atom is -0.426 e. The minimum atomic E-state index is -1.04. The van der Waals surface area contributed by atoms with Crippen LogP contribution in [0, 0.1) is 10.1 Å². The SMILES string of the molecule is CCOC1C=CC(C)=C2C(C[N+](=O)[O-])OB(O)C21. The van der Waals surface area contributed by atoms with Crippen molar-refractivity contribution in [1.29, 1.82) is 0 Å². The predicted molar refractivity (Wildman–Crippen MR) is 65.7 cm³/mol. The van der Waals surface area contributed by atoms with Gasteiger partial charge in [-0.05, 0) is 25.0 Å². The van der Waals surface area contributed by atoms with Crippen LogP contribution in [-0.4, -0.2) is 42.4 Å². The first-order valence-electron chi connectivity index (χ1n) is 6.00. The van der Waals surface area contributed by atoms with Crippen LogP contribution in [0.5, 0.6) is 0 Å². The molecule has 0 aromatic rings. The number of rotatable bonds is 4. The van der Waals surface area contributed by atoms with Crippen molar-refractivity contribution < 1.29 is 19.3 Å². The Hall–Kier alpha value is -1.18. The Morgan fingerprint density at radius 2 is 2.39 bits per heavy atom. The Labute approximate surface area is 106 Å². The van der Waals surface area contributed by atoms with E-state index in [-0.39, 0.29) is 18.5 Å². The third-order valence-electron chi connectivity index (χ3n) is 3.34. The first-order chi connectivity index (χ1) is 8.54. The zero-order valence-corrected chi connectivity index (χ0v) is 10.4. The molecule has 1 aliphatic carbocycles. The quantitative estimate of drug-likeness (QED) is 0.455.